The molecule has 0 atom stereocenters. The van der Waals surface area contributed by atoms with Gasteiger partial charge in [0, 0.05) is 23.6 Å². The molecule has 0 fully saturated rings. The Labute approximate surface area is 353 Å². The fourth-order valence-corrected chi connectivity index (χ4v) is 6.60. The van der Waals surface area contributed by atoms with E-state index in [1.807, 2.05) is 48.8 Å². The number of unbranched alkanes of at least 4 members (excludes halogenated alkanes) is 15. The second kappa shape index (κ2) is 31.0. The first-order chi connectivity index (χ1) is 28.6. The number of hydrogen-bond acceptors (Lipinski definition) is 7. The Bertz CT molecular complexity index is 1570. The quantitative estimate of drug-likeness (QED) is 0.0444. The van der Waals surface area contributed by atoms with E-state index in [9.17, 15) is 0 Å². The van der Waals surface area contributed by atoms with Crippen LogP contribution in [0.4, 0.5) is 11.4 Å². The Morgan fingerprint density at radius 3 is 1.12 bits per heavy atom. The molecule has 3 aromatic rings. The SMILES string of the molecule is CCCCCCOc1ccc(/C=N/c2ccc(/N=C/c3ccc(C)c(OCCCCCC)c3OCCCCCC)cc2)c(OCCCCCC)c1OCCCCCC. The Morgan fingerprint density at radius 2 is 0.707 bits per heavy atom. The molecule has 0 saturated heterocycles. The second-order valence-electron chi connectivity index (χ2n) is 15.5. The number of aryl methyl sites for hydroxylation is 1. The maximum Gasteiger partial charge on any atom is 0.204 e. The molecule has 0 aliphatic rings. The fraction of sp³-hybridized carbons (Fsp3) is 0.608. The summed E-state index contributed by atoms with van der Waals surface area (Å²) in [6.07, 6.45) is 26.7. The van der Waals surface area contributed by atoms with Crippen LogP contribution in [-0.4, -0.2) is 45.5 Å². The van der Waals surface area contributed by atoms with Crippen molar-refractivity contribution in [2.45, 2.75) is 170 Å². The topological polar surface area (TPSA) is 70.9 Å². The van der Waals surface area contributed by atoms with E-state index in [1.54, 1.807) is 0 Å². The average Bonchev–Trinajstić information content (AvgIpc) is 3.24. The van der Waals surface area contributed by atoms with Crippen LogP contribution in [0.15, 0.2) is 58.5 Å². The van der Waals surface area contributed by atoms with E-state index in [0.29, 0.717) is 44.5 Å². The maximum absolute atomic E-state index is 6.53. The zero-order chi connectivity index (χ0) is 41.5. The number of rotatable bonds is 34. The minimum absolute atomic E-state index is 0.624. The van der Waals surface area contributed by atoms with Gasteiger partial charge < -0.3 is 23.7 Å². The highest BCUT2D eigenvalue weighted by Gasteiger charge is 2.18. The van der Waals surface area contributed by atoms with Crippen LogP contribution < -0.4 is 23.7 Å². The van der Waals surface area contributed by atoms with Crippen LogP contribution in [0, 0.1) is 6.92 Å². The summed E-state index contributed by atoms with van der Waals surface area (Å²) in [5.41, 5.74) is 4.55. The summed E-state index contributed by atoms with van der Waals surface area (Å²) in [7, 11) is 0. The van der Waals surface area contributed by atoms with E-state index < -0.39 is 0 Å². The Kier molecular flexibility index (Phi) is 25.8. The third kappa shape index (κ3) is 18.7. The van der Waals surface area contributed by atoms with E-state index in [2.05, 4.69) is 53.7 Å². The third-order valence-electron chi connectivity index (χ3n) is 10.2. The summed E-state index contributed by atoms with van der Waals surface area (Å²) >= 11 is 0. The van der Waals surface area contributed by atoms with Crippen molar-refractivity contribution in [2.24, 2.45) is 9.98 Å². The summed E-state index contributed by atoms with van der Waals surface area (Å²) in [6, 6.07) is 16.2. The van der Waals surface area contributed by atoms with Crippen LogP contribution >= 0.6 is 0 Å². The predicted octanol–water partition coefficient (Wildman–Crippen LogP) is 15.3. The van der Waals surface area contributed by atoms with Crippen molar-refractivity contribution in [3.63, 3.8) is 0 Å². The molecule has 3 aromatic carbocycles. The molecule has 0 aliphatic carbocycles. The van der Waals surface area contributed by atoms with Gasteiger partial charge in [0.05, 0.1) is 44.4 Å². The standard InChI is InChI=1S/C51H78N2O5/c1-7-12-17-22-35-54-47-34-29-44(50(57-38-25-20-15-10-4)51(47)58-39-26-21-16-11-5)41-53-46-32-30-45(31-33-46)52-40-43-28-27-42(6)48(55-36-23-18-13-8-2)49(43)56-37-24-19-14-9-3/h27-34,40-41H,7-26,35-39H2,1-6H3/b52-40+,53-41+. The van der Waals surface area contributed by atoms with Crippen molar-refractivity contribution in [2.75, 3.05) is 33.0 Å². The number of nitrogens with zero attached hydrogens (tertiary/aromatic N) is 2. The molecule has 0 N–H and O–H groups in total. The molecular formula is C51H78N2O5. The van der Waals surface area contributed by atoms with Crippen LogP contribution in [0.1, 0.15) is 180 Å². The van der Waals surface area contributed by atoms with E-state index in [0.717, 1.165) is 103 Å². The van der Waals surface area contributed by atoms with Crippen molar-refractivity contribution >= 4 is 23.8 Å². The van der Waals surface area contributed by atoms with Crippen molar-refractivity contribution in [1.29, 1.82) is 0 Å². The lowest BCUT2D eigenvalue weighted by Gasteiger charge is -2.19. The number of aliphatic imine (C=N–C) groups is 2. The molecule has 322 valence electrons. The minimum Gasteiger partial charge on any atom is -0.490 e. The zero-order valence-corrected chi connectivity index (χ0v) is 37.4. The van der Waals surface area contributed by atoms with Gasteiger partial charge in [-0.3, -0.25) is 9.98 Å². The molecule has 0 heterocycles. The van der Waals surface area contributed by atoms with Crippen LogP contribution in [-0.2, 0) is 0 Å². The molecule has 3 rings (SSSR count). The maximum atomic E-state index is 6.53. The molecule has 58 heavy (non-hydrogen) atoms. The Hall–Kier alpha value is -4.00. The van der Waals surface area contributed by atoms with Crippen molar-refractivity contribution < 1.29 is 23.7 Å². The first-order valence-electron chi connectivity index (χ1n) is 23.2. The summed E-state index contributed by atoms with van der Waals surface area (Å²) in [5, 5.41) is 0. The average molecular weight is 799 g/mol. The largest absolute Gasteiger partial charge is 0.490 e. The zero-order valence-electron chi connectivity index (χ0n) is 37.4. The monoisotopic (exact) mass is 799 g/mol. The van der Waals surface area contributed by atoms with Gasteiger partial charge in [0.15, 0.2) is 23.0 Å². The van der Waals surface area contributed by atoms with E-state index in [-0.39, 0.29) is 0 Å². The van der Waals surface area contributed by atoms with E-state index in [4.69, 9.17) is 33.7 Å². The second-order valence-corrected chi connectivity index (χ2v) is 15.5. The van der Waals surface area contributed by atoms with Crippen LogP contribution in [0.5, 0.6) is 28.7 Å². The highest BCUT2D eigenvalue weighted by Crippen LogP contribution is 2.41. The van der Waals surface area contributed by atoms with E-state index in [1.165, 1.54) is 70.6 Å². The Balaban J connectivity index is 1.84. The summed E-state index contributed by atoms with van der Waals surface area (Å²) in [6.45, 7) is 16.5. The van der Waals surface area contributed by atoms with Crippen LogP contribution in [0.3, 0.4) is 0 Å². The molecule has 7 heteroatoms. The lowest BCUT2D eigenvalue weighted by Crippen LogP contribution is -2.08. The highest BCUT2D eigenvalue weighted by atomic mass is 16.5. The van der Waals surface area contributed by atoms with E-state index >= 15 is 0 Å². The number of ether oxygens (including phenoxy) is 5. The van der Waals surface area contributed by atoms with Gasteiger partial charge in [-0.05, 0) is 87.1 Å². The lowest BCUT2D eigenvalue weighted by molar-refractivity contribution is 0.234. The highest BCUT2D eigenvalue weighted by molar-refractivity contribution is 5.89. The molecule has 0 unspecified atom stereocenters. The van der Waals surface area contributed by atoms with Crippen LogP contribution in [0.2, 0.25) is 0 Å². The summed E-state index contributed by atoms with van der Waals surface area (Å²) in [4.78, 5) is 9.75. The smallest absolute Gasteiger partial charge is 0.204 e. The van der Waals surface area contributed by atoms with Gasteiger partial charge in [-0.1, -0.05) is 137 Å². The van der Waals surface area contributed by atoms with Gasteiger partial charge >= 0.3 is 0 Å². The van der Waals surface area contributed by atoms with Crippen molar-refractivity contribution in [3.8, 4) is 28.7 Å². The van der Waals surface area contributed by atoms with Gasteiger partial charge in [-0.2, -0.15) is 0 Å². The molecule has 0 bridgehead atoms. The molecule has 7 nitrogen and oxygen atoms in total. The molecule has 0 spiro atoms. The van der Waals surface area contributed by atoms with Gasteiger partial charge in [0.2, 0.25) is 5.75 Å². The first kappa shape index (κ1) is 48.4. The molecule has 0 radical (unpaired) electrons. The third-order valence-corrected chi connectivity index (χ3v) is 10.2. The number of benzene rings is 3. The summed E-state index contributed by atoms with van der Waals surface area (Å²) < 4.78 is 32.2. The number of hydrogen-bond donors (Lipinski definition) is 0. The molecule has 0 aliphatic heterocycles. The molecule has 0 saturated carbocycles. The van der Waals surface area contributed by atoms with Crippen molar-refractivity contribution in [1.82, 2.24) is 0 Å². The van der Waals surface area contributed by atoms with Crippen molar-refractivity contribution in [3.05, 3.63) is 65.2 Å². The molecule has 0 amide bonds. The minimum atomic E-state index is 0.624. The first-order valence-corrected chi connectivity index (χ1v) is 23.2. The fourth-order valence-electron chi connectivity index (χ4n) is 6.60. The molecule has 0 aromatic heterocycles. The van der Waals surface area contributed by atoms with Gasteiger partial charge in [0.25, 0.3) is 0 Å². The lowest BCUT2D eigenvalue weighted by atomic mass is 10.1. The Morgan fingerprint density at radius 1 is 0.362 bits per heavy atom. The van der Waals surface area contributed by atoms with Gasteiger partial charge in [0.1, 0.15) is 0 Å². The normalized spacial score (nSPS) is 11.5. The summed E-state index contributed by atoms with van der Waals surface area (Å²) in [5.74, 6) is 3.79. The van der Waals surface area contributed by atoms with Gasteiger partial charge in [-0.15, -0.1) is 0 Å². The molecular weight excluding hydrogens is 721 g/mol. The predicted molar refractivity (Wildman–Crippen MR) is 247 cm³/mol. The van der Waals surface area contributed by atoms with Gasteiger partial charge in [-0.25, -0.2) is 0 Å². The van der Waals surface area contributed by atoms with Crippen LogP contribution in [0.25, 0.3) is 0 Å².